The minimum absolute atomic E-state index is 0.459. The summed E-state index contributed by atoms with van der Waals surface area (Å²) in [4.78, 5) is 16.9. The van der Waals surface area contributed by atoms with Crippen LogP contribution in [0.25, 0.3) is 0 Å². The van der Waals surface area contributed by atoms with Gasteiger partial charge in [0.25, 0.3) is 0 Å². The van der Waals surface area contributed by atoms with Crippen LogP contribution in [0, 0.1) is 5.92 Å². The lowest BCUT2D eigenvalue weighted by Gasteiger charge is -2.12. The van der Waals surface area contributed by atoms with Crippen LogP contribution in [0.5, 0.6) is 0 Å². The van der Waals surface area contributed by atoms with Gasteiger partial charge in [-0.3, -0.25) is 4.90 Å². The molecule has 1 aromatic rings. The number of hydrogen-bond donors (Lipinski definition) is 1. The topological polar surface area (TPSA) is 53.4 Å². The molecular formula is C11H16N2O2S. The van der Waals surface area contributed by atoms with Gasteiger partial charge < -0.3 is 5.11 Å². The zero-order chi connectivity index (χ0) is 12.1. The number of hydrogen-bond acceptors (Lipinski definition) is 3. The van der Waals surface area contributed by atoms with Crippen LogP contribution in [0.2, 0.25) is 0 Å². The Morgan fingerprint density at radius 2 is 2.31 bits per heavy atom. The van der Waals surface area contributed by atoms with Crippen LogP contribution < -0.4 is 4.90 Å². The fraction of sp³-hybridized carbons (Fsp3) is 0.455. The van der Waals surface area contributed by atoms with Gasteiger partial charge in [0, 0.05) is 23.9 Å². The number of aromatic nitrogens is 1. The molecule has 0 aliphatic heterocycles. The molecule has 0 radical (unpaired) electrons. The third-order valence-corrected chi connectivity index (χ3v) is 3.35. The van der Waals surface area contributed by atoms with Gasteiger partial charge in [-0.05, 0) is 18.1 Å². The van der Waals surface area contributed by atoms with Crippen LogP contribution in [0.15, 0.2) is 23.2 Å². The highest BCUT2D eigenvalue weighted by molar-refractivity contribution is 7.99. The van der Waals surface area contributed by atoms with Gasteiger partial charge in [0.05, 0.1) is 0 Å². The summed E-state index contributed by atoms with van der Waals surface area (Å²) >= 11 is 1.71. The molecule has 0 atom stereocenters. The van der Waals surface area contributed by atoms with E-state index in [4.69, 9.17) is 5.11 Å². The van der Waals surface area contributed by atoms with Gasteiger partial charge >= 0.3 is 6.09 Å². The van der Waals surface area contributed by atoms with E-state index >= 15 is 0 Å². The predicted octanol–water partition coefficient (Wildman–Crippen LogP) is 2.94. The number of rotatable bonds is 4. The van der Waals surface area contributed by atoms with Gasteiger partial charge in [-0.1, -0.05) is 13.8 Å². The molecule has 1 N–H and O–H groups in total. The Kier molecular flexibility index (Phi) is 4.61. The molecule has 0 unspecified atom stereocenters. The first kappa shape index (κ1) is 12.8. The molecule has 0 aromatic carbocycles. The zero-order valence-electron chi connectivity index (χ0n) is 9.67. The van der Waals surface area contributed by atoms with Crippen LogP contribution in [0.1, 0.15) is 13.8 Å². The molecule has 0 aliphatic carbocycles. The minimum atomic E-state index is -1.00. The van der Waals surface area contributed by atoms with Gasteiger partial charge in [0.15, 0.2) is 0 Å². The maximum absolute atomic E-state index is 10.8. The van der Waals surface area contributed by atoms with Crippen LogP contribution in [0.4, 0.5) is 10.6 Å². The van der Waals surface area contributed by atoms with Gasteiger partial charge in [0.1, 0.15) is 5.82 Å². The smallest absolute Gasteiger partial charge is 0.412 e. The fourth-order valence-electron chi connectivity index (χ4n) is 1.03. The van der Waals surface area contributed by atoms with Crippen molar-refractivity contribution in [2.45, 2.75) is 18.7 Å². The molecule has 1 rings (SSSR count). The summed E-state index contributed by atoms with van der Waals surface area (Å²) in [5, 5.41) is 8.82. The zero-order valence-corrected chi connectivity index (χ0v) is 10.5. The van der Waals surface area contributed by atoms with E-state index in [1.165, 1.54) is 7.05 Å². The van der Waals surface area contributed by atoms with E-state index in [9.17, 15) is 4.79 Å². The van der Waals surface area contributed by atoms with Crippen LogP contribution in [-0.4, -0.2) is 29.0 Å². The van der Waals surface area contributed by atoms with Crippen LogP contribution >= 0.6 is 11.8 Å². The quantitative estimate of drug-likeness (QED) is 0.822. The summed E-state index contributed by atoms with van der Waals surface area (Å²) in [6.07, 6.45) is 0.635. The van der Waals surface area contributed by atoms with E-state index in [0.29, 0.717) is 11.7 Å². The van der Waals surface area contributed by atoms with Crippen molar-refractivity contribution >= 4 is 23.7 Å². The van der Waals surface area contributed by atoms with E-state index in [-0.39, 0.29) is 0 Å². The number of nitrogens with zero attached hydrogens (tertiary/aromatic N) is 2. The lowest BCUT2D eigenvalue weighted by atomic mass is 10.3. The van der Waals surface area contributed by atoms with E-state index in [1.807, 2.05) is 6.07 Å². The minimum Gasteiger partial charge on any atom is -0.465 e. The number of thioether (sulfide) groups is 1. The highest BCUT2D eigenvalue weighted by atomic mass is 32.2. The SMILES string of the molecule is CC(C)CSc1ccnc(N(C)C(=O)O)c1. The summed E-state index contributed by atoms with van der Waals surface area (Å²) in [6.45, 7) is 4.30. The van der Waals surface area contributed by atoms with Crippen LogP contribution in [-0.2, 0) is 0 Å². The predicted molar refractivity (Wildman–Crippen MR) is 66.2 cm³/mol. The molecule has 4 nitrogen and oxygen atoms in total. The van der Waals surface area contributed by atoms with Gasteiger partial charge in [-0.15, -0.1) is 11.8 Å². The third-order valence-electron chi connectivity index (χ3n) is 1.93. The van der Waals surface area contributed by atoms with E-state index in [2.05, 4.69) is 18.8 Å². The standard InChI is InChI=1S/C11H16N2O2S/c1-8(2)7-16-9-4-5-12-10(6-9)13(3)11(14)15/h4-6,8H,7H2,1-3H3,(H,14,15). The molecule has 0 spiro atoms. The molecule has 0 aliphatic rings. The van der Waals surface area contributed by atoms with Crippen molar-refractivity contribution in [2.24, 2.45) is 5.92 Å². The van der Waals surface area contributed by atoms with Crippen molar-refractivity contribution in [2.75, 3.05) is 17.7 Å². The lowest BCUT2D eigenvalue weighted by Crippen LogP contribution is -2.24. The van der Waals surface area contributed by atoms with Crippen molar-refractivity contribution in [3.05, 3.63) is 18.3 Å². The second kappa shape index (κ2) is 5.75. The van der Waals surface area contributed by atoms with Crippen molar-refractivity contribution < 1.29 is 9.90 Å². The number of pyridine rings is 1. The second-order valence-corrected chi connectivity index (χ2v) is 4.99. The molecule has 0 bridgehead atoms. The summed E-state index contributed by atoms with van der Waals surface area (Å²) in [7, 11) is 1.49. The van der Waals surface area contributed by atoms with Crippen molar-refractivity contribution in [1.82, 2.24) is 4.98 Å². The maximum atomic E-state index is 10.8. The number of carbonyl (C=O) groups is 1. The molecule has 0 fully saturated rings. The highest BCUT2D eigenvalue weighted by Crippen LogP contribution is 2.23. The molecule has 16 heavy (non-hydrogen) atoms. The Hall–Kier alpha value is -1.23. The molecule has 1 aromatic heterocycles. The molecular weight excluding hydrogens is 224 g/mol. The summed E-state index contributed by atoms with van der Waals surface area (Å²) in [6, 6.07) is 3.69. The Bertz CT molecular complexity index is 369. The molecule has 1 amide bonds. The summed E-state index contributed by atoms with van der Waals surface area (Å²) in [5.41, 5.74) is 0. The number of carboxylic acid groups (broad SMARTS) is 1. The first-order valence-electron chi connectivity index (χ1n) is 5.06. The maximum Gasteiger partial charge on any atom is 0.412 e. The lowest BCUT2D eigenvalue weighted by molar-refractivity contribution is 0.203. The number of anilines is 1. The summed E-state index contributed by atoms with van der Waals surface area (Å²) in [5.74, 6) is 2.08. The fourth-order valence-corrected chi connectivity index (χ4v) is 1.91. The summed E-state index contributed by atoms with van der Waals surface area (Å²) < 4.78 is 0. The third kappa shape index (κ3) is 3.73. The normalized spacial score (nSPS) is 10.5. The molecule has 5 heteroatoms. The van der Waals surface area contributed by atoms with E-state index in [1.54, 1.807) is 24.0 Å². The Morgan fingerprint density at radius 3 is 2.88 bits per heavy atom. The first-order valence-corrected chi connectivity index (χ1v) is 6.04. The van der Waals surface area contributed by atoms with Crippen molar-refractivity contribution in [3.8, 4) is 0 Å². The largest absolute Gasteiger partial charge is 0.465 e. The van der Waals surface area contributed by atoms with Gasteiger partial charge in [0.2, 0.25) is 0 Å². The first-order chi connectivity index (χ1) is 7.50. The van der Waals surface area contributed by atoms with Crippen molar-refractivity contribution in [3.63, 3.8) is 0 Å². The van der Waals surface area contributed by atoms with Gasteiger partial charge in [-0.25, -0.2) is 9.78 Å². The van der Waals surface area contributed by atoms with Crippen molar-refractivity contribution in [1.29, 1.82) is 0 Å². The highest BCUT2D eigenvalue weighted by Gasteiger charge is 2.10. The molecule has 88 valence electrons. The monoisotopic (exact) mass is 240 g/mol. The van der Waals surface area contributed by atoms with E-state index in [0.717, 1.165) is 15.5 Å². The molecule has 0 saturated heterocycles. The van der Waals surface area contributed by atoms with Gasteiger partial charge in [-0.2, -0.15) is 0 Å². The van der Waals surface area contributed by atoms with E-state index < -0.39 is 6.09 Å². The molecule has 0 saturated carbocycles. The second-order valence-electron chi connectivity index (χ2n) is 3.90. The average molecular weight is 240 g/mol. The Morgan fingerprint density at radius 1 is 1.62 bits per heavy atom. The average Bonchev–Trinajstić information content (AvgIpc) is 2.25. The van der Waals surface area contributed by atoms with Crippen LogP contribution in [0.3, 0.4) is 0 Å². The molecule has 1 heterocycles. The Balaban J connectivity index is 2.74. The Labute approximate surface area is 99.7 Å². The number of amides is 1.